The number of nitrogens with two attached hydrogens (primary N) is 2. The summed E-state index contributed by atoms with van der Waals surface area (Å²) >= 11 is 0. The molecule has 0 spiro atoms. The van der Waals surface area contributed by atoms with Gasteiger partial charge in [0.2, 0.25) is 0 Å². The molecule has 0 heterocycles. The lowest BCUT2D eigenvalue weighted by Gasteiger charge is -2.05. The fourth-order valence-electron chi connectivity index (χ4n) is 0.983. The van der Waals surface area contributed by atoms with Gasteiger partial charge in [-0.1, -0.05) is 0 Å². The zero-order valence-electron chi connectivity index (χ0n) is 7.56. The van der Waals surface area contributed by atoms with Crippen molar-refractivity contribution in [1.82, 2.24) is 0 Å². The Labute approximate surface area is 81.3 Å². The minimum absolute atomic E-state index is 0.0390. The Kier molecular flexibility index (Phi) is 3.30. The van der Waals surface area contributed by atoms with E-state index in [9.17, 15) is 4.79 Å². The Bertz CT molecular complexity index is 339. The number of anilines is 2. The second-order valence-corrected chi connectivity index (χ2v) is 2.71. The summed E-state index contributed by atoms with van der Waals surface area (Å²) in [7, 11) is 0. The maximum absolute atomic E-state index is 11.3. The van der Waals surface area contributed by atoms with Crippen molar-refractivity contribution in [3.63, 3.8) is 0 Å². The van der Waals surface area contributed by atoms with Crippen LogP contribution >= 0.6 is 0 Å². The van der Waals surface area contributed by atoms with Crippen molar-refractivity contribution in [3.8, 4) is 0 Å². The number of esters is 1. The lowest BCUT2D eigenvalue weighted by molar-refractivity contribution is 0.0435. The molecule has 0 saturated heterocycles. The fourth-order valence-corrected chi connectivity index (χ4v) is 0.983. The number of benzene rings is 1. The Morgan fingerprint density at radius 2 is 2.14 bits per heavy atom. The summed E-state index contributed by atoms with van der Waals surface area (Å²) in [4.78, 5) is 11.3. The predicted molar refractivity (Wildman–Crippen MR) is 52.6 cm³/mol. The van der Waals surface area contributed by atoms with Gasteiger partial charge in [0, 0.05) is 11.4 Å². The first-order valence-corrected chi connectivity index (χ1v) is 4.08. The number of aliphatic hydroxyl groups is 1. The van der Waals surface area contributed by atoms with Gasteiger partial charge in [0.05, 0.1) is 12.2 Å². The van der Waals surface area contributed by atoms with Gasteiger partial charge in [0.15, 0.2) is 0 Å². The predicted octanol–water partition coefficient (Wildman–Crippen LogP) is 0.0001000. The zero-order chi connectivity index (χ0) is 10.6. The molecular formula is C9H12N2O3. The van der Waals surface area contributed by atoms with Crippen LogP contribution in [0.4, 0.5) is 11.4 Å². The molecule has 0 atom stereocenters. The van der Waals surface area contributed by atoms with E-state index in [1.54, 1.807) is 6.07 Å². The van der Waals surface area contributed by atoms with E-state index in [-0.39, 0.29) is 24.5 Å². The highest BCUT2D eigenvalue weighted by molar-refractivity contribution is 5.95. The van der Waals surface area contributed by atoms with Crippen LogP contribution in [0.15, 0.2) is 18.2 Å². The lowest BCUT2D eigenvalue weighted by atomic mass is 10.1. The molecule has 0 unspecified atom stereocenters. The van der Waals surface area contributed by atoms with E-state index in [2.05, 4.69) is 4.74 Å². The quantitative estimate of drug-likeness (QED) is 0.467. The molecular weight excluding hydrogens is 184 g/mol. The smallest absolute Gasteiger partial charge is 0.340 e. The summed E-state index contributed by atoms with van der Waals surface area (Å²) < 4.78 is 4.69. The molecule has 0 aliphatic rings. The number of carbonyl (C=O) groups is 1. The van der Waals surface area contributed by atoms with E-state index in [1.165, 1.54) is 12.1 Å². The van der Waals surface area contributed by atoms with Gasteiger partial charge in [-0.05, 0) is 18.2 Å². The van der Waals surface area contributed by atoms with Gasteiger partial charge >= 0.3 is 5.97 Å². The van der Waals surface area contributed by atoms with Crippen LogP contribution in [0.2, 0.25) is 0 Å². The van der Waals surface area contributed by atoms with Crippen molar-refractivity contribution in [2.75, 3.05) is 24.7 Å². The Hall–Kier alpha value is -1.75. The number of ether oxygens (including phenoxy) is 1. The standard InChI is InChI=1S/C9H12N2O3/c10-6-1-2-7(8(11)5-6)9(13)14-4-3-12/h1-2,5,12H,3-4,10-11H2. The number of rotatable bonds is 3. The normalized spacial score (nSPS) is 9.79. The van der Waals surface area contributed by atoms with Gasteiger partial charge in [0.25, 0.3) is 0 Å². The molecule has 76 valence electrons. The molecule has 1 rings (SSSR count). The molecule has 0 bridgehead atoms. The van der Waals surface area contributed by atoms with Gasteiger partial charge in [-0.15, -0.1) is 0 Å². The van der Waals surface area contributed by atoms with Crippen LogP contribution in [-0.4, -0.2) is 24.3 Å². The SMILES string of the molecule is Nc1ccc(C(=O)OCCO)c(N)c1. The fraction of sp³-hybridized carbons (Fsp3) is 0.222. The summed E-state index contributed by atoms with van der Waals surface area (Å²) in [6, 6.07) is 4.53. The van der Waals surface area contributed by atoms with E-state index < -0.39 is 5.97 Å². The lowest BCUT2D eigenvalue weighted by Crippen LogP contribution is -2.11. The van der Waals surface area contributed by atoms with E-state index in [0.29, 0.717) is 5.69 Å². The van der Waals surface area contributed by atoms with E-state index in [0.717, 1.165) is 0 Å². The molecule has 0 aliphatic heterocycles. The van der Waals surface area contributed by atoms with Crippen LogP contribution in [0, 0.1) is 0 Å². The van der Waals surface area contributed by atoms with Gasteiger partial charge in [-0.3, -0.25) is 0 Å². The maximum Gasteiger partial charge on any atom is 0.340 e. The number of hydrogen-bond donors (Lipinski definition) is 3. The molecule has 0 amide bonds. The Morgan fingerprint density at radius 1 is 1.43 bits per heavy atom. The van der Waals surface area contributed by atoms with E-state index in [1.807, 2.05) is 0 Å². The monoisotopic (exact) mass is 196 g/mol. The summed E-state index contributed by atoms with van der Waals surface area (Å²) in [5.74, 6) is -0.559. The highest BCUT2D eigenvalue weighted by Gasteiger charge is 2.10. The third-order valence-corrected chi connectivity index (χ3v) is 1.62. The van der Waals surface area contributed by atoms with Gasteiger partial charge < -0.3 is 21.3 Å². The van der Waals surface area contributed by atoms with E-state index >= 15 is 0 Å². The number of aliphatic hydroxyl groups excluding tert-OH is 1. The minimum atomic E-state index is -0.559. The van der Waals surface area contributed by atoms with Crippen LogP contribution in [0.5, 0.6) is 0 Å². The van der Waals surface area contributed by atoms with Gasteiger partial charge in [-0.2, -0.15) is 0 Å². The molecule has 1 aromatic rings. The topological polar surface area (TPSA) is 98.6 Å². The van der Waals surface area contributed by atoms with Crippen molar-refractivity contribution >= 4 is 17.3 Å². The molecule has 14 heavy (non-hydrogen) atoms. The summed E-state index contributed by atoms with van der Waals surface area (Å²) in [5, 5.41) is 8.45. The number of hydrogen-bond acceptors (Lipinski definition) is 5. The van der Waals surface area contributed by atoms with E-state index in [4.69, 9.17) is 16.6 Å². The molecule has 0 radical (unpaired) electrons. The Balaban J connectivity index is 2.80. The molecule has 0 fully saturated rings. The molecule has 0 saturated carbocycles. The largest absolute Gasteiger partial charge is 0.460 e. The van der Waals surface area contributed by atoms with Crippen molar-refractivity contribution in [2.45, 2.75) is 0 Å². The van der Waals surface area contributed by atoms with Crippen LogP contribution < -0.4 is 11.5 Å². The number of nitrogen functional groups attached to an aromatic ring is 2. The summed E-state index contributed by atoms with van der Waals surface area (Å²) in [6.07, 6.45) is 0. The average molecular weight is 196 g/mol. The number of carbonyl (C=O) groups excluding carboxylic acids is 1. The highest BCUT2D eigenvalue weighted by atomic mass is 16.5. The van der Waals surface area contributed by atoms with Gasteiger partial charge in [-0.25, -0.2) is 4.79 Å². The summed E-state index contributed by atoms with van der Waals surface area (Å²) in [5.41, 5.74) is 12.0. The van der Waals surface area contributed by atoms with Gasteiger partial charge in [0.1, 0.15) is 6.61 Å². The van der Waals surface area contributed by atoms with Crippen molar-refractivity contribution in [3.05, 3.63) is 23.8 Å². The maximum atomic E-state index is 11.3. The van der Waals surface area contributed by atoms with Crippen molar-refractivity contribution < 1.29 is 14.6 Å². The third-order valence-electron chi connectivity index (χ3n) is 1.62. The minimum Gasteiger partial charge on any atom is -0.460 e. The molecule has 0 aliphatic carbocycles. The molecule has 5 heteroatoms. The first-order valence-electron chi connectivity index (χ1n) is 4.08. The van der Waals surface area contributed by atoms with Crippen LogP contribution in [0.3, 0.4) is 0 Å². The highest BCUT2D eigenvalue weighted by Crippen LogP contribution is 2.16. The second-order valence-electron chi connectivity index (χ2n) is 2.71. The molecule has 1 aromatic carbocycles. The van der Waals surface area contributed by atoms with Crippen molar-refractivity contribution in [1.29, 1.82) is 0 Å². The Morgan fingerprint density at radius 3 is 2.71 bits per heavy atom. The summed E-state index contributed by atoms with van der Waals surface area (Å²) in [6.45, 7) is -0.247. The molecule has 5 N–H and O–H groups in total. The first-order chi connectivity index (χ1) is 6.65. The van der Waals surface area contributed by atoms with Crippen LogP contribution in [0.25, 0.3) is 0 Å². The third kappa shape index (κ3) is 2.37. The molecule has 5 nitrogen and oxygen atoms in total. The van der Waals surface area contributed by atoms with Crippen molar-refractivity contribution in [2.24, 2.45) is 0 Å². The molecule has 0 aromatic heterocycles. The average Bonchev–Trinajstić information content (AvgIpc) is 2.14. The first kappa shape index (κ1) is 10.3. The zero-order valence-corrected chi connectivity index (χ0v) is 7.56. The second kappa shape index (κ2) is 4.48. The van der Waals surface area contributed by atoms with Crippen LogP contribution in [0.1, 0.15) is 10.4 Å². The van der Waals surface area contributed by atoms with Crippen LogP contribution in [-0.2, 0) is 4.74 Å².